The molecule has 47 heavy (non-hydrogen) atoms. The standard InChI is InChI=1S/C36H52Cl2N4O5/c1-24-20-42(25(2)23-43)35(44)30-19-29(40-36(45)39-28-11-6-5-7-12-28)14-16-33(30)47-26(3)10-8-9-17-46-34(24)22-41(4)21-27-13-15-31(37)32(38)18-27/h13-16,18-19,24-26,28,34,43H,5-12,17,20-23H2,1-4H3,(H2,39,40,45)/t24-,25+,26-,34-/m1/s1. The van der Waals surface area contributed by atoms with Crippen LogP contribution in [0.15, 0.2) is 36.4 Å². The average molecular weight is 692 g/mol. The lowest BCUT2D eigenvalue weighted by Crippen LogP contribution is -2.47. The predicted octanol–water partition coefficient (Wildman–Crippen LogP) is 7.38. The average Bonchev–Trinajstić information content (AvgIpc) is 3.04. The molecule has 1 fully saturated rings. The van der Waals surface area contributed by atoms with Gasteiger partial charge in [-0.1, -0.05) is 55.5 Å². The lowest BCUT2D eigenvalue weighted by molar-refractivity contribution is -0.0177. The maximum absolute atomic E-state index is 14.4. The van der Waals surface area contributed by atoms with E-state index in [1.165, 1.54) is 6.42 Å². The van der Waals surface area contributed by atoms with Gasteiger partial charge in [-0.25, -0.2) is 4.79 Å². The summed E-state index contributed by atoms with van der Waals surface area (Å²) in [7, 11) is 2.04. The van der Waals surface area contributed by atoms with Crippen molar-refractivity contribution in [1.29, 1.82) is 0 Å². The highest BCUT2D eigenvalue weighted by atomic mass is 35.5. The van der Waals surface area contributed by atoms with Crippen LogP contribution in [0.25, 0.3) is 0 Å². The summed E-state index contributed by atoms with van der Waals surface area (Å²) in [5.74, 6) is 0.143. The second-order valence-electron chi connectivity index (χ2n) is 13.4. The molecule has 1 aliphatic heterocycles. The largest absolute Gasteiger partial charge is 0.490 e. The lowest BCUT2D eigenvalue weighted by atomic mass is 9.96. The van der Waals surface area contributed by atoms with Gasteiger partial charge in [0.2, 0.25) is 0 Å². The Balaban J connectivity index is 1.56. The maximum Gasteiger partial charge on any atom is 0.319 e. The van der Waals surface area contributed by atoms with Crippen LogP contribution in [0.3, 0.4) is 0 Å². The molecule has 3 N–H and O–H groups in total. The summed E-state index contributed by atoms with van der Waals surface area (Å²) in [5, 5.41) is 17.3. The number of anilines is 1. The maximum atomic E-state index is 14.4. The number of aliphatic hydroxyl groups excluding tert-OH is 1. The van der Waals surface area contributed by atoms with Gasteiger partial charge in [-0.05, 0) is 88.9 Å². The molecular formula is C36H52Cl2N4O5. The molecule has 4 rings (SSSR count). The van der Waals surface area contributed by atoms with Crippen LogP contribution in [-0.2, 0) is 11.3 Å². The third-order valence-corrected chi connectivity index (χ3v) is 9.92. The molecule has 1 heterocycles. The van der Waals surface area contributed by atoms with E-state index in [9.17, 15) is 14.7 Å². The molecule has 11 heteroatoms. The Bertz CT molecular complexity index is 1320. The van der Waals surface area contributed by atoms with Crippen molar-refractivity contribution in [3.8, 4) is 5.75 Å². The smallest absolute Gasteiger partial charge is 0.319 e. The summed E-state index contributed by atoms with van der Waals surface area (Å²) in [4.78, 5) is 31.1. The first kappa shape index (κ1) is 37.3. The van der Waals surface area contributed by atoms with Gasteiger partial charge in [-0.15, -0.1) is 0 Å². The van der Waals surface area contributed by atoms with Crippen molar-refractivity contribution < 1.29 is 24.2 Å². The molecule has 2 aromatic carbocycles. The summed E-state index contributed by atoms with van der Waals surface area (Å²) in [6.07, 6.45) is 7.69. The Morgan fingerprint density at radius 2 is 1.79 bits per heavy atom. The van der Waals surface area contributed by atoms with E-state index in [1.54, 1.807) is 29.2 Å². The number of hydrogen-bond donors (Lipinski definition) is 3. The number of likely N-dealkylation sites (N-methyl/N-ethyl adjacent to an activating group) is 1. The van der Waals surface area contributed by atoms with Gasteiger partial charge in [0.15, 0.2) is 0 Å². The van der Waals surface area contributed by atoms with E-state index in [0.717, 1.165) is 50.5 Å². The van der Waals surface area contributed by atoms with Crippen LogP contribution in [0, 0.1) is 5.92 Å². The molecule has 0 saturated heterocycles. The van der Waals surface area contributed by atoms with Crippen LogP contribution in [0.5, 0.6) is 5.75 Å². The fraction of sp³-hybridized carbons (Fsp3) is 0.611. The number of urea groups is 1. The van der Waals surface area contributed by atoms with Crippen molar-refractivity contribution in [2.75, 3.05) is 38.7 Å². The topological polar surface area (TPSA) is 103 Å². The number of nitrogens with one attached hydrogen (secondary N) is 2. The van der Waals surface area contributed by atoms with Crippen molar-refractivity contribution in [3.63, 3.8) is 0 Å². The van der Waals surface area contributed by atoms with Crippen molar-refractivity contribution in [2.45, 2.75) is 103 Å². The minimum atomic E-state index is -0.455. The molecule has 2 aliphatic rings. The third kappa shape index (κ3) is 11.2. The van der Waals surface area contributed by atoms with E-state index in [0.29, 0.717) is 53.3 Å². The number of halogens is 2. The highest BCUT2D eigenvalue weighted by molar-refractivity contribution is 6.42. The zero-order valence-corrected chi connectivity index (χ0v) is 29.8. The van der Waals surface area contributed by atoms with Crippen LogP contribution in [-0.4, -0.2) is 84.5 Å². The molecule has 0 spiro atoms. The fourth-order valence-electron chi connectivity index (χ4n) is 6.38. The lowest BCUT2D eigenvalue weighted by Gasteiger charge is -2.36. The molecule has 4 atom stereocenters. The number of nitrogens with zero attached hydrogens (tertiary/aromatic N) is 2. The summed E-state index contributed by atoms with van der Waals surface area (Å²) < 4.78 is 12.8. The van der Waals surface area contributed by atoms with Crippen LogP contribution in [0.1, 0.15) is 88.1 Å². The Morgan fingerprint density at radius 3 is 2.51 bits per heavy atom. The van der Waals surface area contributed by atoms with Gasteiger partial charge in [-0.2, -0.15) is 0 Å². The summed E-state index contributed by atoms with van der Waals surface area (Å²) in [5.41, 5.74) is 1.91. The van der Waals surface area contributed by atoms with E-state index in [-0.39, 0.29) is 42.7 Å². The molecule has 3 amide bonds. The summed E-state index contributed by atoms with van der Waals surface area (Å²) in [6, 6.07) is 10.3. The van der Waals surface area contributed by atoms with Gasteiger partial charge in [-0.3, -0.25) is 9.69 Å². The molecule has 2 aromatic rings. The van der Waals surface area contributed by atoms with E-state index in [4.69, 9.17) is 32.7 Å². The van der Waals surface area contributed by atoms with E-state index in [1.807, 2.05) is 33.0 Å². The van der Waals surface area contributed by atoms with E-state index >= 15 is 0 Å². The first-order valence-corrected chi connectivity index (χ1v) is 17.8. The summed E-state index contributed by atoms with van der Waals surface area (Å²) in [6.45, 7) is 7.98. The quantitative estimate of drug-likeness (QED) is 0.267. The predicted molar refractivity (Wildman–Crippen MR) is 189 cm³/mol. The van der Waals surface area contributed by atoms with Crippen molar-refractivity contribution in [2.24, 2.45) is 5.92 Å². The number of carbonyl (C=O) groups is 2. The van der Waals surface area contributed by atoms with Crippen molar-refractivity contribution >= 4 is 40.8 Å². The Hall–Kier alpha value is -2.56. The minimum absolute atomic E-state index is 0.0574. The number of carbonyl (C=O) groups excluding carboxylic acids is 2. The number of rotatable bonds is 8. The Morgan fingerprint density at radius 1 is 1.04 bits per heavy atom. The number of benzene rings is 2. The molecule has 0 unspecified atom stereocenters. The van der Waals surface area contributed by atoms with Crippen LogP contribution in [0.4, 0.5) is 10.5 Å². The third-order valence-electron chi connectivity index (χ3n) is 9.18. The number of aliphatic hydroxyl groups is 1. The van der Waals surface area contributed by atoms with Crippen LogP contribution < -0.4 is 15.4 Å². The van der Waals surface area contributed by atoms with Gasteiger partial charge in [0, 0.05) is 43.9 Å². The van der Waals surface area contributed by atoms with Crippen LogP contribution in [0.2, 0.25) is 10.0 Å². The first-order valence-electron chi connectivity index (χ1n) is 17.1. The van der Waals surface area contributed by atoms with Gasteiger partial charge in [0.25, 0.3) is 5.91 Å². The second kappa shape index (κ2) is 18.3. The number of amides is 3. The van der Waals surface area contributed by atoms with Crippen molar-refractivity contribution in [1.82, 2.24) is 15.1 Å². The molecule has 1 saturated carbocycles. The molecule has 0 radical (unpaired) electrons. The van der Waals surface area contributed by atoms with Crippen molar-refractivity contribution in [3.05, 3.63) is 57.6 Å². The number of hydrogen-bond acceptors (Lipinski definition) is 6. The molecule has 1 aliphatic carbocycles. The van der Waals surface area contributed by atoms with Crippen LogP contribution >= 0.6 is 23.2 Å². The normalized spacial score (nSPS) is 22.6. The number of fused-ring (bicyclic) bond motifs is 1. The fourth-order valence-corrected chi connectivity index (χ4v) is 6.70. The van der Waals surface area contributed by atoms with E-state index in [2.05, 4.69) is 22.5 Å². The number of ether oxygens (including phenoxy) is 2. The van der Waals surface area contributed by atoms with Gasteiger partial charge < -0.3 is 30.1 Å². The summed E-state index contributed by atoms with van der Waals surface area (Å²) >= 11 is 12.4. The zero-order chi connectivity index (χ0) is 33.9. The van der Waals surface area contributed by atoms with Gasteiger partial charge >= 0.3 is 6.03 Å². The first-order chi connectivity index (χ1) is 22.5. The minimum Gasteiger partial charge on any atom is -0.490 e. The SMILES string of the molecule is C[C@@H]1CCCCO[C@H](CN(C)Cc2ccc(Cl)c(Cl)c2)[C@H](C)CN([C@@H](C)CO)C(=O)c2cc(NC(=O)NC3CCCCC3)ccc2O1. The monoisotopic (exact) mass is 690 g/mol. The molecule has 0 aromatic heterocycles. The van der Waals surface area contributed by atoms with Gasteiger partial charge in [0.05, 0.1) is 40.5 Å². The van der Waals surface area contributed by atoms with E-state index < -0.39 is 6.04 Å². The highest BCUT2D eigenvalue weighted by Gasteiger charge is 2.30. The molecular weight excluding hydrogens is 639 g/mol. The Kier molecular flexibility index (Phi) is 14.5. The van der Waals surface area contributed by atoms with Gasteiger partial charge in [0.1, 0.15) is 5.75 Å². The molecule has 0 bridgehead atoms. The molecule has 260 valence electrons. The molecule has 9 nitrogen and oxygen atoms in total. The second-order valence-corrected chi connectivity index (χ2v) is 14.2. The Labute approximate surface area is 290 Å². The zero-order valence-electron chi connectivity index (χ0n) is 28.3. The highest BCUT2D eigenvalue weighted by Crippen LogP contribution is 2.29.